The lowest BCUT2D eigenvalue weighted by molar-refractivity contribution is 0.628. The van der Waals surface area contributed by atoms with Gasteiger partial charge in [0.25, 0.3) is 0 Å². The van der Waals surface area contributed by atoms with E-state index < -0.39 is 0 Å². The van der Waals surface area contributed by atoms with Crippen LogP contribution in [0.15, 0.2) is 24.3 Å². The van der Waals surface area contributed by atoms with Crippen molar-refractivity contribution in [2.24, 2.45) is 0 Å². The first-order valence-electron chi connectivity index (χ1n) is 4.46. The molecule has 4 heteroatoms. The summed E-state index contributed by atoms with van der Waals surface area (Å²) in [5, 5.41) is 0. The summed E-state index contributed by atoms with van der Waals surface area (Å²) >= 11 is 0. The molecular weight excluding hydrogens is 211 g/mol. The first-order valence-corrected chi connectivity index (χ1v) is 4.46. The normalized spacial score (nSPS) is 9.80. The monoisotopic (exact) mass is 224 g/mol. The lowest BCUT2D eigenvalue weighted by atomic mass is 10.1. The van der Waals surface area contributed by atoms with Crippen LogP contribution in [0, 0.1) is 19.7 Å². The van der Waals surface area contributed by atoms with Gasteiger partial charge < -0.3 is 4.98 Å². The number of hydrogen-bond acceptors (Lipinski definition) is 1. The van der Waals surface area contributed by atoms with Crippen molar-refractivity contribution in [1.29, 1.82) is 0 Å². The average Bonchev–Trinajstić information content (AvgIpc) is 2.47. The molecule has 2 nitrogen and oxygen atoms in total. The second-order valence-corrected chi connectivity index (χ2v) is 3.30. The van der Waals surface area contributed by atoms with Gasteiger partial charge in [0.1, 0.15) is 11.6 Å². The summed E-state index contributed by atoms with van der Waals surface area (Å²) in [6.45, 7) is 3.86. The second kappa shape index (κ2) is 4.49. The Kier molecular flexibility index (Phi) is 3.52. The number of rotatable bonds is 1. The van der Waals surface area contributed by atoms with E-state index in [1.165, 1.54) is 12.1 Å². The molecule has 0 saturated carbocycles. The lowest BCUT2D eigenvalue weighted by Gasteiger charge is -1.97. The molecule has 15 heavy (non-hydrogen) atoms. The quantitative estimate of drug-likeness (QED) is 0.792. The minimum atomic E-state index is -0.223. The van der Waals surface area contributed by atoms with E-state index in [1.807, 2.05) is 13.8 Å². The summed E-state index contributed by atoms with van der Waals surface area (Å²) in [6, 6.07) is 6.35. The maximum absolute atomic E-state index is 12.7. The molecule has 1 aromatic heterocycles. The van der Waals surface area contributed by atoms with Crippen LogP contribution >= 0.6 is 13.5 Å². The number of nitrogens with one attached hydrogen (secondary N) is 1. The Labute approximate surface area is 95.0 Å². The number of H-pyrrole nitrogens is 1. The number of hydrogen-bond donors (Lipinski definition) is 1. The minimum Gasteiger partial charge on any atom is -0.346 e. The molecule has 2 rings (SSSR count). The van der Waals surface area contributed by atoms with Gasteiger partial charge in [-0.1, -0.05) is 0 Å². The SMILES string of the molecule is Cc1nc(-c2ccc(F)cc2)c(C)[nH]1.S. The van der Waals surface area contributed by atoms with Crippen LogP contribution in [0.25, 0.3) is 11.3 Å². The van der Waals surface area contributed by atoms with E-state index in [1.54, 1.807) is 12.1 Å². The highest BCUT2D eigenvalue weighted by Crippen LogP contribution is 2.20. The second-order valence-electron chi connectivity index (χ2n) is 3.30. The molecule has 0 aliphatic heterocycles. The predicted molar refractivity (Wildman–Crippen MR) is 63.8 cm³/mol. The van der Waals surface area contributed by atoms with E-state index in [0.29, 0.717) is 0 Å². The van der Waals surface area contributed by atoms with Gasteiger partial charge in [0.05, 0.1) is 5.69 Å². The largest absolute Gasteiger partial charge is 0.346 e. The van der Waals surface area contributed by atoms with Crippen LogP contribution in [0.2, 0.25) is 0 Å². The van der Waals surface area contributed by atoms with Gasteiger partial charge in [-0.25, -0.2) is 9.37 Å². The molecule has 1 heterocycles. The zero-order valence-corrected chi connectivity index (χ0v) is 9.63. The van der Waals surface area contributed by atoms with Gasteiger partial charge in [0, 0.05) is 11.3 Å². The smallest absolute Gasteiger partial charge is 0.123 e. The molecule has 80 valence electrons. The van der Waals surface area contributed by atoms with E-state index in [-0.39, 0.29) is 19.3 Å². The number of aromatic nitrogens is 2. The standard InChI is InChI=1S/C11H11FN2.H2S/c1-7-11(14-8(2)13-7)9-3-5-10(12)6-4-9;/h3-6H,1-2H3,(H,13,14);1H2. The molecule has 0 bridgehead atoms. The van der Waals surface area contributed by atoms with Crippen molar-refractivity contribution in [3.8, 4) is 11.3 Å². The Morgan fingerprint density at radius 2 is 1.73 bits per heavy atom. The van der Waals surface area contributed by atoms with Crippen molar-refractivity contribution in [2.45, 2.75) is 13.8 Å². The molecule has 0 unspecified atom stereocenters. The first-order chi connectivity index (χ1) is 6.66. The summed E-state index contributed by atoms with van der Waals surface area (Å²) < 4.78 is 12.7. The summed E-state index contributed by atoms with van der Waals surface area (Å²) in [5.41, 5.74) is 2.84. The maximum atomic E-state index is 12.7. The Morgan fingerprint density at radius 1 is 1.13 bits per heavy atom. The zero-order chi connectivity index (χ0) is 10.1. The molecule has 0 atom stereocenters. The fourth-order valence-electron chi connectivity index (χ4n) is 1.50. The van der Waals surface area contributed by atoms with Crippen LogP contribution in [-0.4, -0.2) is 9.97 Å². The van der Waals surface area contributed by atoms with Gasteiger partial charge >= 0.3 is 0 Å². The highest BCUT2D eigenvalue weighted by atomic mass is 32.1. The van der Waals surface area contributed by atoms with E-state index >= 15 is 0 Å². The molecule has 0 fully saturated rings. The van der Waals surface area contributed by atoms with Crippen molar-refractivity contribution in [3.05, 3.63) is 41.6 Å². The fraction of sp³-hybridized carbons (Fsp3) is 0.182. The van der Waals surface area contributed by atoms with Gasteiger partial charge in [-0.05, 0) is 38.1 Å². The molecule has 1 N–H and O–H groups in total. The topological polar surface area (TPSA) is 28.7 Å². The van der Waals surface area contributed by atoms with E-state index in [9.17, 15) is 4.39 Å². The summed E-state index contributed by atoms with van der Waals surface area (Å²) in [5.74, 6) is 0.653. The number of nitrogens with zero attached hydrogens (tertiary/aromatic N) is 1. The predicted octanol–water partition coefficient (Wildman–Crippen LogP) is 2.95. The van der Waals surface area contributed by atoms with Crippen molar-refractivity contribution < 1.29 is 4.39 Å². The molecule has 0 amide bonds. The Hall–Kier alpha value is -1.29. The van der Waals surface area contributed by atoms with Crippen LogP contribution in [0.5, 0.6) is 0 Å². The van der Waals surface area contributed by atoms with Crippen LogP contribution in [0.3, 0.4) is 0 Å². The number of halogens is 1. The minimum absolute atomic E-state index is 0. The van der Waals surface area contributed by atoms with Gasteiger partial charge in [0.2, 0.25) is 0 Å². The van der Waals surface area contributed by atoms with Crippen molar-refractivity contribution in [3.63, 3.8) is 0 Å². The van der Waals surface area contributed by atoms with Gasteiger partial charge in [-0.3, -0.25) is 0 Å². The van der Waals surface area contributed by atoms with Crippen molar-refractivity contribution in [1.82, 2.24) is 9.97 Å². The Morgan fingerprint density at radius 3 is 2.20 bits per heavy atom. The first kappa shape index (κ1) is 11.8. The van der Waals surface area contributed by atoms with Crippen LogP contribution in [0.4, 0.5) is 4.39 Å². The third kappa shape index (κ3) is 2.39. The Bertz CT molecular complexity index is 448. The van der Waals surface area contributed by atoms with E-state index in [0.717, 1.165) is 22.8 Å². The number of imidazole rings is 1. The van der Waals surface area contributed by atoms with Crippen LogP contribution < -0.4 is 0 Å². The van der Waals surface area contributed by atoms with Gasteiger partial charge in [-0.2, -0.15) is 13.5 Å². The van der Waals surface area contributed by atoms with E-state index in [4.69, 9.17) is 0 Å². The fourth-order valence-corrected chi connectivity index (χ4v) is 1.50. The summed E-state index contributed by atoms with van der Waals surface area (Å²) in [4.78, 5) is 7.45. The van der Waals surface area contributed by atoms with Gasteiger partial charge in [-0.15, -0.1) is 0 Å². The highest BCUT2D eigenvalue weighted by molar-refractivity contribution is 7.59. The third-order valence-electron chi connectivity index (χ3n) is 2.12. The molecule has 0 aliphatic carbocycles. The number of aromatic amines is 1. The lowest BCUT2D eigenvalue weighted by Crippen LogP contribution is -1.81. The molecule has 0 aliphatic rings. The van der Waals surface area contributed by atoms with Crippen molar-refractivity contribution >= 4 is 13.5 Å². The summed E-state index contributed by atoms with van der Waals surface area (Å²) in [6.07, 6.45) is 0. The van der Waals surface area contributed by atoms with E-state index in [2.05, 4.69) is 9.97 Å². The maximum Gasteiger partial charge on any atom is 0.123 e. The molecule has 2 aromatic rings. The molecule has 0 saturated heterocycles. The van der Waals surface area contributed by atoms with Gasteiger partial charge in [0.15, 0.2) is 0 Å². The third-order valence-corrected chi connectivity index (χ3v) is 2.12. The molecule has 1 aromatic carbocycles. The van der Waals surface area contributed by atoms with Crippen LogP contribution in [-0.2, 0) is 0 Å². The zero-order valence-electron chi connectivity index (χ0n) is 8.63. The summed E-state index contributed by atoms with van der Waals surface area (Å²) in [7, 11) is 0. The molecule has 0 spiro atoms. The highest BCUT2D eigenvalue weighted by Gasteiger charge is 2.05. The van der Waals surface area contributed by atoms with Crippen LogP contribution in [0.1, 0.15) is 11.5 Å². The average molecular weight is 224 g/mol. The number of aryl methyl sites for hydroxylation is 2. The Balaban J connectivity index is 0.00000112. The molecular formula is C11H13FN2S. The molecule has 0 radical (unpaired) electrons. The number of benzene rings is 1. The van der Waals surface area contributed by atoms with Crippen molar-refractivity contribution in [2.75, 3.05) is 0 Å².